The smallest absolute Gasteiger partial charge is 0.321 e. The van der Waals surface area contributed by atoms with Gasteiger partial charge >= 0.3 is 6.03 Å². The van der Waals surface area contributed by atoms with Crippen molar-refractivity contribution in [2.75, 3.05) is 23.3 Å². The van der Waals surface area contributed by atoms with Gasteiger partial charge in [-0.05, 0) is 24.3 Å². The number of nitrogens with zero attached hydrogens (tertiary/aromatic N) is 1. The van der Waals surface area contributed by atoms with Crippen LogP contribution in [-0.4, -0.2) is 25.0 Å². The van der Waals surface area contributed by atoms with Gasteiger partial charge in [0.1, 0.15) is 0 Å². The summed E-state index contributed by atoms with van der Waals surface area (Å²) in [5, 5.41) is 5.38. The van der Waals surface area contributed by atoms with Gasteiger partial charge in [-0.2, -0.15) is 0 Å². The van der Waals surface area contributed by atoms with Crippen molar-refractivity contribution in [2.45, 2.75) is 0 Å². The minimum absolute atomic E-state index is 0.114. The Labute approximate surface area is 99.1 Å². The molecule has 88 valence electrons. The largest absolute Gasteiger partial charge is 0.336 e. The fourth-order valence-electron chi connectivity index (χ4n) is 1.66. The fourth-order valence-corrected chi connectivity index (χ4v) is 1.66. The highest BCUT2D eigenvalue weighted by Crippen LogP contribution is 2.20. The normalized spacial score (nSPS) is 14.4. The van der Waals surface area contributed by atoms with Crippen molar-refractivity contribution < 1.29 is 9.59 Å². The van der Waals surface area contributed by atoms with Gasteiger partial charge in [0.05, 0.1) is 0 Å². The number of amides is 3. The van der Waals surface area contributed by atoms with Crippen molar-refractivity contribution in [3.63, 3.8) is 0 Å². The first kappa shape index (κ1) is 11.2. The lowest BCUT2D eigenvalue weighted by Crippen LogP contribution is -2.27. The Morgan fingerprint density at radius 3 is 3.00 bits per heavy atom. The van der Waals surface area contributed by atoms with E-state index in [0.29, 0.717) is 18.8 Å². The van der Waals surface area contributed by atoms with E-state index in [0.717, 1.165) is 5.69 Å². The molecule has 1 aliphatic heterocycles. The van der Waals surface area contributed by atoms with Gasteiger partial charge in [0, 0.05) is 24.5 Å². The third-order valence-electron chi connectivity index (χ3n) is 2.47. The van der Waals surface area contributed by atoms with Gasteiger partial charge in [-0.3, -0.25) is 9.69 Å². The summed E-state index contributed by atoms with van der Waals surface area (Å²) in [5.41, 5.74) is 1.41. The van der Waals surface area contributed by atoms with Crippen LogP contribution >= 0.6 is 0 Å². The van der Waals surface area contributed by atoms with Crippen molar-refractivity contribution in [1.82, 2.24) is 5.32 Å². The number of benzene rings is 1. The second-order valence-corrected chi connectivity index (χ2v) is 3.63. The van der Waals surface area contributed by atoms with Crippen LogP contribution in [0.5, 0.6) is 0 Å². The summed E-state index contributed by atoms with van der Waals surface area (Å²) in [4.78, 5) is 24.3. The second kappa shape index (κ2) is 4.69. The number of nitrogens with one attached hydrogen (secondary N) is 2. The molecule has 1 heterocycles. The highest BCUT2D eigenvalue weighted by Gasteiger charge is 2.21. The molecular formula is C12H13N3O2. The van der Waals surface area contributed by atoms with Crippen molar-refractivity contribution in [2.24, 2.45) is 0 Å². The molecule has 1 aromatic rings. The van der Waals surface area contributed by atoms with Crippen LogP contribution in [0.15, 0.2) is 36.9 Å². The van der Waals surface area contributed by atoms with E-state index < -0.39 is 0 Å². The zero-order valence-electron chi connectivity index (χ0n) is 9.27. The molecule has 0 aliphatic carbocycles. The number of hydrogen-bond acceptors (Lipinski definition) is 2. The first-order chi connectivity index (χ1) is 8.20. The maximum atomic E-state index is 11.5. The van der Waals surface area contributed by atoms with E-state index in [4.69, 9.17) is 0 Å². The molecule has 0 spiro atoms. The number of carbonyl (C=O) groups excluding carboxylic acids is 2. The number of urea groups is 1. The molecule has 0 bridgehead atoms. The number of anilines is 2. The predicted molar refractivity (Wildman–Crippen MR) is 66.0 cm³/mol. The van der Waals surface area contributed by atoms with Crippen LogP contribution in [0, 0.1) is 0 Å². The first-order valence-corrected chi connectivity index (χ1v) is 5.29. The lowest BCUT2D eigenvalue weighted by atomic mass is 10.2. The molecule has 1 aliphatic rings. The highest BCUT2D eigenvalue weighted by atomic mass is 16.2. The van der Waals surface area contributed by atoms with E-state index in [9.17, 15) is 9.59 Å². The molecule has 0 aromatic heterocycles. The van der Waals surface area contributed by atoms with Gasteiger partial charge in [0.25, 0.3) is 0 Å². The summed E-state index contributed by atoms with van der Waals surface area (Å²) in [6.45, 7) is 4.66. The number of carbonyl (C=O) groups is 2. The molecule has 1 aromatic carbocycles. The Bertz CT molecular complexity index is 471. The highest BCUT2D eigenvalue weighted by molar-refractivity contribution is 6.00. The molecule has 1 fully saturated rings. The minimum atomic E-state index is -0.270. The van der Waals surface area contributed by atoms with Gasteiger partial charge in [-0.15, -0.1) is 0 Å². The van der Waals surface area contributed by atoms with Gasteiger partial charge in [-0.1, -0.05) is 12.6 Å². The standard InChI is InChI=1S/C12H13N3O2/c1-2-11(16)14-9-4-3-5-10(8-9)15-7-6-13-12(15)17/h2-5,8H,1,6-7H2,(H,13,17)(H,14,16). The van der Waals surface area contributed by atoms with E-state index in [-0.39, 0.29) is 11.9 Å². The van der Waals surface area contributed by atoms with Gasteiger partial charge in [-0.25, -0.2) is 4.79 Å². The molecule has 3 amide bonds. The Balaban J connectivity index is 2.19. The third-order valence-corrected chi connectivity index (χ3v) is 2.47. The summed E-state index contributed by atoms with van der Waals surface area (Å²) in [6, 6.07) is 7.02. The van der Waals surface area contributed by atoms with Crippen LogP contribution in [0.25, 0.3) is 0 Å². The summed E-state index contributed by atoms with van der Waals surface area (Å²) in [5.74, 6) is -0.270. The Morgan fingerprint density at radius 1 is 1.53 bits per heavy atom. The molecule has 17 heavy (non-hydrogen) atoms. The summed E-state index contributed by atoms with van der Waals surface area (Å²) >= 11 is 0. The van der Waals surface area contributed by atoms with E-state index in [1.807, 2.05) is 6.07 Å². The quantitative estimate of drug-likeness (QED) is 0.771. The van der Waals surface area contributed by atoms with E-state index in [1.54, 1.807) is 23.1 Å². The van der Waals surface area contributed by atoms with Gasteiger partial charge < -0.3 is 10.6 Å². The molecule has 0 atom stereocenters. The van der Waals surface area contributed by atoms with Crippen molar-refractivity contribution in [3.8, 4) is 0 Å². The maximum absolute atomic E-state index is 11.5. The molecule has 5 nitrogen and oxygen atoms in total. The van der Waals surface area contributed by atoms with Crippen LogP contribution in [0.2, 0.25) is 0 Å². The van der Waals surface area contributed by atoms with Gasteiger partial charge in [0.15, 0.2) is 0 Å². The lowest BCUT2D eigenvalue weighted by Gasteiger charge is -2.15. The minimum Gasteiger partial charge on any atom is -0.336 e. The van der Waals surface area contributed by atoms with E-state index >= 15 is 0 Å². The SMILES string of the molecule is C=CC(=O)Nc1cccc(N2CCNC2=O)c1. The van der Waals surface area contributed by atoms with E-state index in [2.05, 4.69) is 17.2 Å². The first-order valence-electron chi connectivity index (χ1n) is 5.29. The topological polar surface area (TPSA) is 61.4 Å². The summed E-state index contributed by atoms with van der Waals surface area (Å²) in [6.07, 6.45) is 1.20. The molecule has 1 saturated heterocycles. The third kappa shape index (κ3) is 2.44. The molecule has 0 saturated carbocycles. The average molecular weight is 231 g/mol. The summed E-state index contributed by atoms with van der Waals surface area (Å²) in [7, 11) is 0. The molecule has 5 heteroatoms. The Kier molecular flexibility index (Phi) is 3.09. The average Bonchev–Trinajstić information content (AvgIpc) is 2.75. The molecule has 2 rings (SSSR count). The number of hydrogen-bond donors (Lipinski definition) is 2. The predicted octanol–water partition coefficient (Wildman–Crippen LogP) is 1.34. The van der Waals surface area contributed by atoms with Crippen LogP contribution in [-0.2, 0) is 4.79 Å². The zero-order valence-corrected chi connectivity index (χ0v) is 9.27. The van der Waals surface area contributed by atoms with Crippen molar-refractivity contribution in [1.29, 1.82) is 0 Å². The zero-order chi connectivity index (χ0) is 12.3. The number of rotatable bonds is 3. The van der Waals surface area contributed by atoms with Crippen molar-refractivity contribution in [3.05, 3.63) is 36.9 Å². The van der Waals surface area contributed by atoms with Crippen LogP contribution in [0.3, 0.4) is 0 Å². The molecule has 2 N–H and O–H groups in total. The molecular weight excluding hydrogens is 218 g/mol. The van der Waals surface area contributed by atoms with Gasteiger partial charge in [0.2, 0.25) is 5.91 Å². The fraction of sp³-hybridized carbons (Fsp3) is 0.167. The lowest BCUT2D eigenvalue weighted by molar-refractivity contribution is -0.111. The Morgan fingerprint density at radius 2 is 2.35 bits per heavy atom. The summed E-state index contributed by atoms with van der Waals surface area (Å²) < 4.78 is 0. The Hall–Kier alpha value is -2.30. The molecule has 0 radical (unpaired) electrons. The van der Waals surface area contributed by atoms with Crippen molar-refractivity contribution >= 4 is 23.3 Å². The maximum Gasteiger partial charge on any atom is 0.321 e. The van der Waals surface area contributed by atoms with Crippen LogP contribution in [0.4, 0.5) is 16.2 Å². The van der Waals surface area contributed by atoms with Crippen LogP contribution < -0.4 is 15.5 Å². The molecule has 0 unspecified atom stereocenters. The second-order valence-electron chi connectivity index (χ2n) is 3.63. The van der Waals surface area contributed by atoms with Crippen LogP contribution in [0.1, 0.15) is 0 Å². The van der Waals surface area contributed by atoms with E-state index in [1.165, 1.54) is 6.08 Å². The monoisotopic (exact) mass is 231 g/mol.